The molecule has 1 aliphatic heterocycles. The number of amides is 3. The van der Waals surface area contributed by atoms with Crippen LogP contribution in [-0.2, 0) is 4.79 Å². The Morgan fingerprint density at radius 2 is 2.05 bits per heavy atom. The number of hydrogen-bond acceptors (Lipinski definition) is 3. The van der Waals surface area contributed by atoms with Crippen LogP contribution in [0.5, 0.6) is 0 Å². The molecule has 106 valence electrons. The molecule has 1 aromatic carbocycles. The molecule has 1 fully saturated rings. The second-order valence-corrected chi connectivity index (χ2v) is 4.65. The fourth-order valence-electron chi connectivity index (χ4n) is 1.73. The molecule has 1 aromatic rings. The highest BCUT2D eigenvalue weighted by Gasteiger charge is 2.46. The molecule has 5 nitrogen and oxygen atoms in total. The predicted octanol–water partition coefficient (Wildman–Crippen LogP) is 2.02. The standard InChI is InChI=1S/C13H13F2N3O2/c1-3-13(2)11(19)18(12(20)17-13)16-7-8-4-5-9(14)10(15)6-8/h4-7H,3H2,1-2H3,(H,17,20)/b16-7-/t13-/m0/s1. The Hall–Kier alpha value is -2.31. The summed E-state index contributed by atoms with van der Waals surface area (Å²) >= 11 is 0. The summed E-state index contributed by atoms with van der Waals surface area (Å²) in [7, 11) is 0. The summed E-state index contributed by atoms with van der Waals surface area (Å²) in [5, 5.41) is 6.94. The van der Waals surface area contributed by atoms with Crippen LogP contribution in [0.25, 0.3) is 0 Å². The molecule has 1 N–H and O–H groups in total. The van der Waals surface area contributed by atoms with Gasteiger partial charge in [0, 0.05) is 0 Å². The van der Waals surface area contributed by atoms with E-state index in [0.717, 1.165) is 18.3 Å². The average molecular weight is 281 g/mol. The SMILES string of the molecule is CC[C@]1(C)NC(=O)N(/N=C\c2ccc(F)c(F)c2)C1=O. The van der Waals surface area contributed by atoms with Crippen molar-refractivity contribution in [3.8, 4) is 0 Å². The van der Waals surface area contributed by atoms with Gasteiger partial charge in [-0.2, -0.15) is 5.10 Å². The summed E-state index contributed by atoms with van der Waals surface area (Å²) < 4.78 is 25.8. The third kappa shape index (κ3) is 2.38. The zero-order chi connectivity index (χ0) is 14.9. The van der Waals surface area contributed by atoms with Gasteiger partial charge >= 0.3 is 6.03 Å². The lowest BCUT2D eigenvalue weighted by Gasteiger charge is -2.17. The molecular formula is C13H13F2N3O2. The first-order valence-corrected chi connectivity index (χ1v) is 6.03. The minimum atomic E-state index is -1.02. The van der Waals surface area contributed by atoms with Crippen LogP contribution in [0.4, 0.5) is 13.6 Å². The highest BCUT2D eigenvalue weighted by molar-refractivity contribution is 6.07. The molecule has 1 heterocycles. The molecule has 1 aliphatic rings. The van der Waals surface area contributed by atoms with Crippen molar-refractivity contribution in [3.05, 3.63) is 35.4 Å². The van der Waals surface area contributed by atoms with Crippen molar-refractivity contribution in [3.63, 3.8) is 0 Å². The number of benzene rings is 1. The van der Waals surface area contributed by atoms with Crippen molar-refractivity contribution in [2.24, 2.45) is 5.10 Å². The van der Waals surface area contributed by atoms with E-state index in [2.05, 4.69) is 10.4 Å². The van der Waals surface area contributed by atoms with Crippen LogP contribution >= 0.6 is 0 Å². The summed E-state index contributed by atoms with van der Waals surface area (Å²) in [6, 6.07) is 2.52. The molecule has 0 bridgehead atoms. The molecule has 0 saturated carbocycles. The maximum atomic E-state index is 13.0. The normalized spacial score (nSPS) is 22.7. The first-order valence-electron chi connectivity index (χ1n) is 6.03. The van der Waals surface area contributed by atoms with E-state index in [-0.39, 0.29) is 5.56 Å². The summed E-state index contributed by atoms with van der Waals surface area (Å²) in [4.78, 5) is 23.7. The third-order valence-electron chi connectivity index (χ3n) is 3.21. The maximum absolute atomic E-state index is 13.0. The van der Waals surface area contributed by atoms with Gasteiger partial charge in [-0.1, -0.05) is 13.0 Å². The quantitative estimate of drug-likeness (QED) is 0.680. The van der Waals surface area contributed by atoms with Gasteiger partial charge in [-0.3, -0.25) is 4.79 Å². The van der Waals surface area contributed by atoms with E-state index in [1.165, 1.54) is 6.07 Å². The summed E-state index contributed by atoms with van der Waals surface area (Å²) in [6.45, 7) is 3.36. The lowest BCUT2D eigenvalue weighted by molar-refractivity contribution is -0.130. The molecule has 0 spiro atoms. The molecule has 2 rings (SSSR count). The van der Waals surface area contributed by atoms with E-state index in [1.54, 1.807) is 13.8 Å². The van der Waals surface area contributed by atoms with Gasteiger partial charge in [0.1, 0.15) is 5.54 Å². The number of hydrogen-bond donors (Lipinski definition) is 1. The van der Waals surface area contributed by atoms with Crippen molar-refractivity contribution in [2.75, 3.05) is 0 Å². The third-order valence-corrected chi connectivity index (χ3v) is 3.21. The van der Waals surface area contributed by atoms with Gasteiger partial charge < -0.3 is 5.32 Å². The molecule has 0 aliphatic carbocycles. The highest BCUT2D eigenvalue weighted by Crippen LogP contribution is 2.20. The molecular weight excluding hydrogens is 268 g/mol. The second kappa shape index (κ2) is 4.99. The molecule has 0 unspecified atom stereocenters. The minimum Gasteiger partial charge on any atom is -0.322 e. The molecule has 1 saturated heterocycles. The number of carbonyl (C=O) groups is 2. The Labute approximate surface area is 114 Å². The lowest BCUT2D eigenvalue weighted by atomic mass is 10.00. The second-order valence-electron chi connectivity index (χ2n) is 4.65. The van der Waals surface area contributed by atoms with Gasteiger partial charge in [-0.15, -0.1) is 5.01 Å². The van der Waals surface area contributed by atoms with Crippen LogP contribution in [0, 0.1) is 11.6 Å². The number of nitrogens with one attached hydrogen (secondary N) is 1. The molecule has 3 amide bonds. The van der Waals surface area contributed by atoms with Crippen LogP contribution < -0.4 is 5.32 Å². The Bertz CT molecular complexity index is 603. The Balaban J connectivity index is 2.21. The van der Waals surface area contributed by atoms with Crippen molar-refractivity contribution in [2.45, 2.75) is 25.8 Å². The first-order chi connectivity index (χ1) is 9.37. The van der Waals surface area contributed by atoms with E-state index < -0.39 is 29.1 Å². The number of imide groups is 1. The van der Waals surface area contributed by atoms with Crippen LogP contribution in [-0.4, -0.2) is 28.7 Å². The van der Waals surface area contributed by atoms with Crippen molar-refractivity contribution < 1.29 is 18.4 Å². The average Bonchev–Trinajstić information content (AvgIpc) is 2.63. The number of rotatable bonds is 3. The fraction of sp³-hybridized carbons (Fsp3) is 0.308. The Morgan fingerprint density at radius 1 is 1.35 bits per heavy atom. The number of hydrazone groups is 1. The monoisotopic (exact) mass is 281 g/mol. The van der Waals surface area contributed by atoms with Crippen molar-refractivity contribution >= 4 is 18.2 Å². The predicted molar refractivity (Wildman–Crippen MR) is 68.0 cm³/mol. The minimum absolute atomic E-state index is 0.245. The van der Waals surface area contributed by atoms with E-state index in [4.69, 9.17) is 0 Å². The zero-order valence-corrected chi connectivity index (χ0v) is 11.0. The highest BCUT2D eigenvalue weighted by atomic mass is 19.2. The largest absolute Gasteiger partial charge is 0.346 e. The zero-order valence-electron chi connectivity index (χ0n) is 11.0. The maximum Gasteiger partial charge on any atom is 0.346 e. The van der Waals surface area contributed by atoms with E-state index >= 15 is 0 Å². The smallest absolute Gasteiger partial charge is 0.322 e. The Kier molecular flexibility index (Phi) is 3.52. The van der Waals surface area contributed by atoms with Gasteiger partial charge in [0.05, 0.1) is 6.21 Å². The lowest BCUT2D eigenvalue weighted by Crippen LogP contribution is -2.42. The molecule has 1 atom stereocenters. The van der Waals surface area contributed by atoms with Gasteiger partial charge in [-0.25, -0.2) is 13.6 Å². The molecule has 20 heavy (non-hydrogen) atoms. The number of halogens is 2. The van der Waals surface area contributed by atoms with Crippen LogP contribution in [0.15, 0.2) is 23.3 Å². The molecule has 7 heteroatoms. The van der Waals surface area contributed by atoms with E-state index in [0.29, 0.717) is 11.4 Å². The molecule has 0 aromatic heterocycles. The number of urea groups is 1. The summed E-state index contributed by atoms with van der Waals surface area (Å²) in [5.74, 6) is -2.48. The van der Waals surface area contributed by atoms with Crippen molar-refractivity contribution in [1.29, 1.82) is 0 Å². The van der Waals surface area contributed by atoms with Crippen molar-refractivity contribution in [1.82, 2.24) is 10.3 Å². The fourth-order valence-corrected chi connectivity index (χ4v) is 1.73. The van der Waals surface area contributed by atoms with Gasteiger partial charge in [0.2, 0.25) is 0 Å². The number of carbonyl (C=O) groups excluding carboxylic acids is 2. The number of nitrogens with zero attached hydrogens (tertiary/aromatic N) is 2. The Morgan fingerprint density at radius 3 is 2.60 bits per heavy atom. The van der Waals surface area contributed by atoms with E-state index in [9.17, 15) is 18.4 Å². The van der Waals surface area contributed by atoms with Crippen LogP contribution in [0.3, 0.4) is 0 Å². The van der Waals surface area contributed by atoms with Crippen LogP contribution in [0.2, 0.25) is 0 Å². The van der Waals surface area contributed by atoms with Gasteiger partial charge in [0.25, 0.3) is 5.91 Å². The van der Waals surface area contributed by atoms with E-state index in [1.807, 2.05) is 0 Å². The van der Waals surface area contributed by atoms with Gasteiger partial charge in [0.15, 0.2) is 11.6 Å². The summed E-state index contributed by atoms with van der Waals surface area (Å²) in [5.41, 5.74) is -0.739. The van der Waals surface area contributed by atoms with Crippen LogP contribution in [0.1, 0.15) is 25.8 Å². The topological polar surface area (TPSA) is 61.8 Å². The van der Waals surface area contributed by atoms with Gasteiger partial charge in [-0.05, 0) is 31.0 Å². The first kappa shape index (κ1) is 14.1. The molecule has 0 radical (unpaired) electrons. The summed E-state index contributed by atoms with van der Waals surface area (Å²) in [6.07, 6.45) is 1.55.